The van der Waals surface area contributed by atoms with Crippen molar-refractivity contribution in [1.29, 1.82) is 0 Å². The molecule has 1 saturated heterocycles. The fourth-order valence-corrected chi connectivity index (χ4v) is 4.81. The van der Waals surface area contributed by atoms with Crippen molar-refractivity contribution < 1.29 is 13.2 Å². The maximum absolute atomic E-state index is 12.6. The molecule has 1 amide bonds. The van der Waals surface area contributed by atoms with Gasteiger partial charge in [-0.15, -0.1) is 0 Å². The number of halogens is 1. The van der Waals surface area contributed by atoms with E-state index >= 15 is 0 Å². The van der Waals surface area contributed by atoms with Gasteiger partial charge >= 0.3 is 0 Å². The number of nitrogens with one attached hydrogen (secondary N) is 1. The number of amides is 1. The maximum Gasteiger partial charge on any atom is 0.241 e. The first-order valence-corrected chi connectivity index (χ1v) is 11.0. The number of hydrogen-bond donors (Lipinski definition) is 1. The number of benzene rings is 2. The number of rotatable bonds is 5. The molecule has 2 aromatic rings. The number of carbonyl (C=O) groups excluding carboxylic acids is 1. The van der Waals surface area contributed by atoms with E-state index in [0.29, 0.717) is 36.8 Å². The fourth-order valence-electron chi connectivity index (χ4n) is 3.25. The Morgan fingerprint density at radius 3 is 2.43 bits per heavy atom. The first-order chi connectivity index (χ1) is 13.3. The molecule has 2 aromatic carbocycles. The first-order valence-electron chi connectivity index (χ1n) is 9.12. The lowest BCUT2D eigenvalue weighted by Gasteiger charge is -2.36. The van der Waals surface area contributed by atoms with Crippen molar-refractivity contribution in [2.24, 2.45) is 0 Å². The molecule has 6 nitrogen and oxygen atoms in total. The third-order valence-electron chi connectivity index (χ3n) is 4.87. The Hall–Kier alpha value is -2.09. The maximum atomic E-state index is 12.6. The summed E-state index contributed by atoms with van der Waals surface area (Å²) in [5, 5.41) is 0.684. The summed E-state index contributed by atoms with van der Waals surface area (Å²) in [4.78, 5) is 16.5. The SMILES string of the molecule is Cc1ccc(C)c(S(=O)(=O)NCC(=O)N2CCN(c3ccccc3Cl)CC2)c1. The van der Waals surface area contributed by atoms with Crippen molar-refractivity contribution in [3.63, 3.8) is 0 Å². The van der Waals surface area contributed by atoms with Gasteiger partial charge in [0.2, 0.25) is 15.9 Å². The van der Waals surface area contributed by atoms with E-state index in [4.69, 9.17) is 11.6 Å². The predicted molar refractivity (Wildman–Crippen MR) is 111 cm³/mol. The van der Waals surface area contributed by atoms with Crippen LogP contribution in [0.1, 0.15) is 11.1 Å². The van der Waals surface area contributed by atoms with Gasteiger partial charge in [-0.25, -0.2) is 13.1 Å². The number of sulfonamides is 1. The second-order valence-electron chi connectivity index (χ2n) is 6.91. The van der Waals surface area contributed by atoms with Crippen LogP contribution in [-0.4, -0.2) is 51.9 Å². The van der Waals surface area contributed by atoms with Crippen LogP contribution in [-0.2, 0) is 14.8 Å². The highest BCUT2D eigenvalue weighted by Gasteiger charge is 2.24. The normalized spacial score (nSPS) is 15.0. The standard InChI is InChI=1S/C20H24ClN3O3S/c1-15-7-8-16(2)19(13-15)28(26,27)22-14-20(25)24-11-9-23(10-12-24)18-6-4-3-5-17(18)21/h3-8,13,22H,9-12,14H2,1-2H3. The van der Waals surface area contributed by atoms with Crippen LogP contribution in [0.2, 0.25) is 5.02 Å². The number of anilines is 1. The topological polar surface area (TPSA) is 69.7 Å². The number of piperazine rings is 1. The number of carbonyl (C=O) groups is 1. The number of nitrogens with zero attached hydrogens (tertiary/aromatic N) is 2. The van der Waals surface area contributed by atoms with Crippen molar-refractivity contribution in [2.45, 2.75) is 18.7 Å². The Bertz CT molecular complexity index is 970. The summed E-state index contributed by atoms with van der Waals surface area (Å²) in [7, 11) is -3.73. The lowest BCUT2D eigenvalue weighted by atomic mass is 10.2. The molecule has 1 heterocycles. The van der Waals surface area contributed by atoms with Gasteiger partial charge in [0.05, 0.1) is 22.2 Å². The molecule has 0 saturated carbocycles. The summed E-state index contributed by atoms with van der Waals surface area (Å²) in [6, 6.07) is 12.9. The van der Waals surface area contributed by atoms with Crippen LogP contribution >= 0.6 is 11.6 Å². The molecule has 0 bridgehead atoms. The predicted octanol–water partition coefficient (Wildman–Crippen LogP) is 2.58. The van der Waals surface area contributed by atoms with Crippen LogP contribution in [0, 0.1) is 13.8 Å². The third-order valence-corrected chi connectivity index (χ3v) is 6.73. The van der Waals surface area contributed by atoms with E-state index in [1.165, 1.54) is 0 Å². The van der Waals surface area contributed by atoms with Gasteiger partial charge < -0.3 is 9.80 Å². The van der Waals surface area contributed by atoms with Crippen molar-refractivity contribution in [3.8, 4) is 0 Å². The van der Waals surface area contributed by atoms with E-state index in [2.05, 4.69) is 9.62 Å². The van der Waals surface area contributed by atoms with Crippen LogP contribution in [0.25, 0.3) is 0 Å². The van der Waals surface area contributed by atoms with Gasteiger partial charge in [-0.05, 0) is 43.2 Å². The highest BCUT2D eigenvalue weighted by atomic mass is 35.5. The van der Waals surface area contributed by atoms with Crippen LogP contribution in [0.4, 0.5) is 5.69 Å². The van der Waals surface area contributed by atoms with Gasteiger partial charge in [-0.1, -0.05) is 35.9 Å². The molecule has 0 atom stereocenters. The molecule has 1 fully saturated rings. The number of hydrogen-bond acceptors (Lipinski definition) is 4. The Kier molecular flexibility index (Phi) is 6.27. The van der Waals surface area contributed by atoms with Crippen molar-refractivity contribution in [1.82, 2.24) is 9.62 Å². The molecule has 150 valence electrons. The molecular weight excluding hydrogens is 398 g/mol. The van der Waals surface area contributed by atoms with Gasteiger partial charge in [0.1, 0.15) is 0 Å². The highest BCUT2D eigenvalue weighted by Crippen LogP contribution is 2.26. The largest absolute Gasteiger partial charge is 0.367 e. The van der Waals surface area contributed by atoms with Gasteiger partial charge in [-0.2, -0.15) is 0 Å². The van der Waals surface area contributed by atoms with Gasteiger partial charge in [0.15, 0.2) is 0 Å². The molecule has 0 radical (unpaired) electrons. The monoisotopic (exact) mass is 421 g/mol. The van der Waals surface area contributed by atoms with Crippen molar-refractivity contribution in [3.05, 3.63) is 58.6 Å². The van der Waals surface area contributed by atoms with E-state index in [1.807, 2.05) is 37.3 Å². The van der Waals surface area contributed by atoms with E-state index in [0.717, 1.165) is 11.3 Å². The lowest BCUT2D eigenvalue weighted by molar-refractivity contribution is -0.130. The Balaban J connectivity index is 1.57. The van der Waals surface area contributed by atoms with Crippen LogP contribution in [0.5, 0.6) is 0 Å². The second kappa shape index (κ2) is 8.51. The Morgan fingerprint density at radius 1 is 1.07 bits per heavy atom. The summed E-state index contributed by atoms with van der Waals surface area (Å²) in [6.07, 6.45) is 0. The first kappa shape index (κ1) is 20.6. The Morgan fingerprint density at radius 2 is 1.75 bits per heavy atom. The van der Waals surface area contributed by atoms with E-state index in [9.17, 15) is 13.2 Å². The van der Waals surface area contributed by atoms with Gasteiger partial charge in [-0.3, -0.25) is 4.79 Å². The molecular formula is C20H24ClN3O3S. The summed E-state index contributed by atoms with van der Waals surface area (Å²) >= 11 is 6.24. The van der Waals surface area contributed by atoms with E-state index < -0.39 is 10.0 Å². The minimum atomic E-state index is -3.73. The molecule has 1 N–H and O–H groups in total. The molecule has 0 aromatic heterocycles. The van der Waals surface area contributed by atoms with Gasteiger partial charge in [0, 0.05) is 26.2 Å². The van der Waals surface area contributed by atoms with E-state index in [1.54, 1.807) is 24.0 Å². The molecule has 8 heteroatoms. The van der Waals surface area contributed by atoms with Crippen molar-refractivity contribution >= 4 is 33.2 Å². The molecule has 1 aliphatic heterocycles. The summed E-state index contributed by atoms with van der Waals surface area (Å²) < 4.78 is 27.6. The summed E-state index contributed by atoms with van der Waals surface area (Å²) in [6.45, 7) is 5.68. The average Bonchev–Trinajstić information content (AvgIpc) is 2.68. The Labute approximate surface area is 171 Å². The lowest BCUT2D eigenvalue weighted by Crippen LogP contribution is -2.51. The second-order valence-corrected chi connectivity index (χ2v) is 9.06. The zero-order chi connectivity index (χ0) is 20.3. The van der Waals surface area contributed by atoms with Gasteiger partial charge in [0.25, 0.3) is 0 Å². The third kappa shape index (κ3) is 4.66. The quantitative estimate of drug-likeness (QED) is 0.805. The summed E-state index contributed by atoms with van der Waals surface area (Å²) in [5.41, 5.74) is 2.46. The van der Waals surface area contributed by atoms with Crippen LogP contribution < -0.4 is 9.62 Å². The van der Waals surface area contributed by atoms with Crippen molar-refractivity contribution in [2.75, 3.05) is 37.6 Å². The van der Waals surface area contributed by atoms with Crippen LogP contribution in [0.3, 0.4) is 0 Å². The minimum absolute atomic E-state index is 0.212. The smallest absolute Gasteiger partial charge is 0.241 e. The fraction of sp³-hybridized carbons (Fsp3) is 0.350. The summed E-state index contributed by atoms with van der Waals surface area (Å²) in [5.74, 6) is -0.229. The molecule has 0 aliphatic carbocycles. The highest BCUT2D eigenvalue weighted by molar-refractivity contribution is 7.89. The average molecular weight is 422 g/mol. The zero-order valence-electron chi connectivity index (χ0n) is 16.0. The molecule has 1 aliphatic rings. The molecule has 3 rings (SSSR count). The molecule has 0 spiro atoms. The number of aryl methyl sites for hydroxylation is 2. The zero-order valence-corrected chi connectivity index (χ0v) is 17.6. The number of para-hydroxylation sites is 1. The molecule has 28 heavy (non-hydrogen) atoms. The minimum Gasteiger partial charge on any atom is -0.367 e. The molecule has 0 unspecified atom stereocenters. The van der Waals surface area contributed by atoms with E-state index in [-0.39, 0.29) is 17.3 Å². The van der Waals surface area contributed by atoms with Crippen LogP contribution in [0.15, 0.2) is 47.4 Å².